The first-order chi connectivity index (χ1) is 16.5. The maximum atomic E-state index is 11.5. The molecule has 0 unspecified atom stereocenters. The molecule has 0 aliphatic carbocycles. The number of nitrogens with zero attached hydrogens (tertiary/aromatic N) is 1. The summed E-state index contributed by atoms with van der Waals surface area (Å²) in [5.74, 6) is 0. The lowest BCUT2D eigenvalue weighted by Crippen LogP contribution is -2.27. The van der Waals surface area contributed by atoms with Crippen LogP contribution < -0.4 is 5.32 Å². The summed E-state index contributed by atoms with van der Waals surface area (Å²) < 4.78 is 34.8. The van der Waals surface area contributed by atoms with Crippen LogP contribution in [-0.2, 0) is 20.9 Å². The summed E-state index contributed by atoms with van der Waals surface area (Å²) in [5, 5.41) is 3.36. The highest BCUT2D eigenvalue weighted by Crippen LogP contribution is 2.44. The van der Waals surface area contributed by atoms with Gasteiger partial charge in [0.25, 0.3) is 10.1 Å². The summed E-state index contributed by atoms with van der Waals surface area (Å²) >= 11 is 0. The second kappa shape index (κ2) is 9.10. The molecule has 0 aromatic heterocycles. The van der Waals surface area contributed by atoms with E-state index in [1.165, 1.54) is 29.1 Å². The van der Waals surface area contributed by atoms with Crippen LogP contribution in [0.1, 0.15) is 45.7 Å². The summed E-state index contributed by atoms with van der Waals surface area (Å²) in [6, 6.07) is 13.2. The van der Waals surface area contributed by atoms with Crippen molar-refractivity contribution in [3.63, 3.8) is 0 Å². The molecule has 6 heteroatoms. The highest BCUT2D eigenvalue weighted by atomic mass is 32.2. The van der Waals surface area contributed by atoms with E-state index in [0.717, 1.165) is 23.5 Å². The van der Waals surface area contributed by atoms with E-state index >= 15 is 0 Å². The van der Waals surface area contributed by atoms with Gasteiger partial charge in [-0.25, -0.2) is 0 Å². The minimum absolute atomic E-state index is 0.0405. The van der Waals surface area contributed by atoms with Crippen LogP contribution >= 0.6 is 0 Å². The fourth-order valence-electron chi connectivity index (χ4n) is 4.98. The summed E-state index contributed by atoms with van der Waals surface area (Å²) in [7, 11) is -4.24. The molecule has 182 valence electrons. The molecule has 0 bridgehead atoms. The third-order valence-electron chi connectivity index (χ3n) is 6.98. The molecular formula is C29H33N2O3S+. The average Bonchev–Trinajstić information content (AvgIpc) is 3.18. The Kier molecular flexibility index (Phi) is 6.47. The number of para-hydroxylation sites is 1. The van der Waals surface area contributed by atoms with E-state index in [4.69, 9.17) is 0 Å². The van der Waals surface area contributed by atoms with Crippen LogP contribution in [0.3, 0.4) is 0 Å². The average molecular weight is 490 g/mol. The molecule has 0 saturated carbocycles. The molecule has 0 radical (unpaired) electrons. The maximum absolute atomic E-state index is 11.5. The van der Waals surface area contributed by atoms with Crippen LogP contribution in [0.5, 0.6) is 0 Å². The van der Waals surface area contributed by atoms with Crippen LogP contribution in [0.25, 0.3) is 0 Å². The van der Waals surface area contributed by atoms with E-state index in [9.17, 15) is 13.0 Å². The number of hydrogen-bond donors (Lipinski definition) is 2. The van der Waals surface area contributed by atoms with Crippen LogP contribution in [-0.4, -0.2) is 29.8 Å². The molecule has 0 spiro atoms. The largest absolute Gasteiger partial charge is 0.358 e. The third-order valence-corrected chi connectivity index (χ3v) is 7.83. The van der Waals surface area contributed by atoms with E-state index in [0.29, 0.717) is 0 Å². The number of hydrogen-bond acceptors (Lipinski definition) is 3. The molecule has 2 aromatic carbocycles. The van der Waals surface area contributed by atoms with E-state index in [2.05, 4.69) is 67.1 Å². The molecule has 0 amide bonds. The quantitative estimate of drug-likeness (QED) is 0.284. The molecule has 2 N–H and O–H groups in total. The first kappa shape index (κ1) is 24.9. The van der Waals surface area contributed by atoms with Crippen LogP contribution in [0, 0.1) is 0 Å². The van der Waals surface area contributed by atoms with Crippen molar-refractivity contribution < 1.29 is 17.5 Å². The van der Waals surface area contributed by atoms with Crippen molar-refractivity contribution in [1.29, 1.82) is 0 Å². The summed E-state index contributed by atoms with van der Waals surface area (Å²) in [5.41, 5.74) is 6.12. The number of rotatable bonds is 6. The first-order valence-corrected chi connectivity index (χ1v) is 13.3. The normalized spacial score (nSPS) is 19.8. The van der Waals surface area contributed by atoms with Gasteiger partial charge in [-0.2, -0.15) is 13.0 Å². The Labute approximate surface area is 208 Å². The molecule has 0 saturated heterocycles. The summed E-state index contributed by atoms with van der Waals surface area (Å²) in [4.78, 5) is -0.0920. The molecule has 2 aliphatic heterocycles. The van der Waals surface area contributed by atoms with Gasteiger partial charge in [0.2, 0.25) is 5.69 Å². The lowest BCUT2D eigenvalue weighted by molar-refractivity contribution is -0.433. The van der Waals surface area contributed by atoms with Gasteiger partial charge in [0.15, 0.2) is 5.71 Å². The van der Waals surface area contributed by atoms with Gasteiger partial charge in [0.1, 0.15) is 6.54 Å². The van der Waals surface area contributed by atoms with E-state index in [1.807, 2.05) is 44.2 Å². The Bertz CT molecular complexity index is 1420. The number of benzene rings is 2. The smallest absolute Gasteiger partial charge is 0.294 e. The van der Waals surface area contributed by atoms with Crippen molar-refractivity contribution in [2.24, 2.45) is 0 Å². The van der Waals surface area contributed by atoms with Gasteiger partial charge in [-0.15, -0.1) is 0 Å². The highest BCUT2D eigenvalue weighted by molar-refractivity contribution is 7.85. The fraction of sp³-hybridized carbons (Fsp3) is 0.276. The summed E-state index contributed by atoms with van der Waals surface area (Å²) in [6.07, 6.45) is 14.2. The van der Waals surface area contributed by atoms with Crippen molar-refractivity contribution in [3.8, 4) is 0 Å². The second-order valence-corrected chi connectivity index (χ2v) is 11.3. The zero-order valence-corrected chi connectivity index (χ0v) is 21.7. The Morgan fingerprint density at radius 3 is 2.31 bits per heavy atom. The maximum Gasteiger partial charge on any atom is 0.294 e. The Hall–Kier alpha value is -3.22. The van der Waals surface area contributed by atoms with Gasteiger partial charge < -0.3 is 5.32 Å². The number of nitrogens with one attached hydrogen (secondary N) is 1. The molecule has 35 heavy (non-hydrogen) atoms. The SMILES string of the molecule is CC[N+]1=C(/C=C/C=C/C=C/C=C2/Nc3ccc(S(=O)(=O)O)cc3C2(C)C)C(C)(C)c2ccccc21. The first-order valence-electron chi connectivity index (χ1n) is 11.8. The molecule has 4 rings (SSSR count). The zero-order valence-electron chi connectivity index (χ0n) is 20.9. The van der Waals surface area contributed by atoms with Crippen molar-refractivity contribution in [2.45, 2.75) is 50.3 Å². The lowest BCUT2D eigenvalue weighted by atomic mass is 9.81. The molecular weight excluding hydrogens is 456 g/mol. The van der Waals surface area contributed by atoms with Gasteiger partial charge in [0, 0.05) is 34.5 Å². The Morgan fingerprint density at radius 2 is 1.60 bits per heavy atom. The Balaban J connectivity index is 1.47. The van der Waals surface area contributed by atoms with Gasteiger partial charge in [0.05, 0.1) is 10.3 Å². The molecule has 2 heterocycles. The topological polar surface area (TPSA) is 69.4 Å². The van der Waals surface area contributed by atoms with Crippen molar-refractivity contribution in [2.75, 3.05) is 11.9 Å². The predicted octanol–water partition coefficient (Wildman–Crippen LogP) is 6.29. The lowest BCUT2D eigenvalue weighted by Gasteiger charge is -2.20. The monoisotopic (exact) mass is 489 g/mol. The van der Waals surface area contributed by atoms with E-state index in [-0.39, 0.29) is 10.3 Å². The molecule has 0 fully saturated rings. The van der Waals surface area contributed by atoms with Crippen LogP contribution in [0.15, 0.2) is 95.6 Å². The van der Waals surface area contributed by atoms with Crippen LogP contribution in [0.4, 0.5) is 11.4 Å². The fourth-order valence-corrected chi connectivity index (χ4v) is 5.49. The van der Waals surface area contributed by atoms with Gasteiger partial charge in [-0.3, -0.25) is 4.55 Å². The third kappa shape index (κ3) is 4.56. The van der Waals surface area contributed by atoms with Crippen molar-refractivity contribution in [3.05, 3.63) is 102 Å². The van der Waals surface area contributed by atoms with Gasteiger partial charge >= 0.3 is 0 Å². The summed E-state index contributed by atoms with van der Waals surface area (Å²) in [6.45, 7) is 11.7. The Morgan fingerprint density at radius 1 is 0.914 bits per heavy atom. The number of allylic oxidation sites excluding steroid dienone is 8. The second-order valence-electron chi connectivity index (χ2n) is 9.91. The molecule has 0 atom stereocenters. The number of fused-ring (bicyclic) bond motifs is 2. The molecule has 2 aromatic rings. The minimum Gasteiger partial charge on any atom is -0.358 e. The molecule has 2 aliphatic rings. The van der Waals surface area contributed by atoms with E-state index < -0.39 is 15.5 Å². The minimum atomic E-state index is -4.24. The van der Waals surface area contributed by atoms with Crippen LogP contribution in [0.2, 0.25) is 0 Å². The molecule has 5 nitrogen and oxygen atoms in total. The van der Waals surface area contributed by atoms with Crippen molar-refractivity contribution in [1.82, 2.24) is 0 Å². The predicted molar refractivity (Wildman–Crippen MR) is 143 cm³/mol. The zero-order chi connectivity index (χ0) is 25.4. The van der Waals surface area contributed by atoms with Gasteiger partial charge in [-0.05, 0) is 50.6 Å². The number of anilines is 1. The van der Waals surface area contributed by atoms with Gasteiger partial charge in [-0.1, -0.05) is 62.4 Å². The van der Waals surface area contributed by atoms with E-state index in [1.54, 1.807) is 6.07 Å². The highest BCUT2D eigenvalue weighted by Gasteiger charge is 2.43. The standard InChI is InChI=1S/C29H32N2O3S/c1-6-31-25-15-13-12-14-22(25)29(4,5)27(31)17-11-9-7-8-10-16-26-28(2,3)23-20-21(35(32,33)34)18-19-24(23)30-26/h7-20H,6H2,1-5H3,(H,32,33,34)/p+1. The van der Waals surface area contributed by atoms with Crippen molar-refractivity contribution >= 4 is 27.2 Å².